The van der Waals surface area contributed by atoms with Gasteiger partial charge in [0, 0.05) is 53.3 Å². The zero-order valence-corrected chi connectivity index (χ0v) is 26.0. The van der Waals surface area contributed by atoms with Crippen LogP contribution in [0.2, 0.25) is 0 Å². The SMILES string of the molecule is C[C@@H](O)[C@H]1C(=O)N2C(C(=O)OCc3ccc([N+](=O)[O-])cc3)=C(c3cn4cnc(C(=O)c5cncc(-c6ccccc6)c5)c4s3)[C@H](C)[C@H]12. The molecule has 2 aliphatic heterocycles. The zero-order valence-electron chi connectivity index (χ0n) is 25.1. The van der Waals surface area contributed by atoms with Gasteiger partial charge in [-0.3, -0.25) is 29.1 Å². The van der Waals surface area contributed by atoms with Gasteiger partial charge >= 0.3 is 5.97 Å². The summed E-state index contributed by atoms with van der Waals surface area (Å²) in [7, 11) is 0. The van der Waals surface area contributed by atoms with E-state index in [1.54, 1.807) is 29.8 Å². The van der Waals surface area contributed by atoms with Crippen LogP contribution in [0.4, 0.5) is 5.69 Å². The number of aliphatic hydroxyl groups is 1. The number of pyridine rings is 1. The Morgan fingerprint density at radius 1 is 1.11 bits per heavy atom. The number of carbonyl (C=O) groups excluding carboxylic acids is 3. The van der Waals surface area contributed by atoms with Crippen LogP contribution in [0.5, 0.6) is 0 Å². The second kappa shape index (κ2) is 11.7. The van der Waals surface area contributed by atoms with Gasteiger partial charge in [0.1, 0.15) is 29.2 Å². The Bertz CT molecular complexity index is 2100. The van der Waals surface area contributed by atoms with Crippen molar-refractivity contribution in [1.29, 1.82) is 0 Å². The van der Waals surface area contributed by atoms with E-state index in [0.717, 1.165) is 11.1 Å². The Labute approximate surface area is 271 Å². The number of aliphatic hydroxyl groups excluding tert-OH is 1. The molecule has 1 fully saturated rings. The van der Waals surface area contributed by atoms with Crippen LogP contribution in [0, 0.1) is 22.0 Å². The van der Waals surface area contributed by atoms with Crippen LogP contribution in [0.15, 0.2) is 91.3 Å². The van der Waals surface area contributed by atoms with E-state index < -0.39 is 29.0 Å². The number of non-ortho nitro benzene ring substituents is 1. The number of benzene rings is 2. The summed E-state index contributed by atoms with van der Waals surface area (Å²) in [5.74, 6) is -2.44. The van der Waals surface area contributed by atoms with Crippen LogP contribution in [0.1, 0.15) is 40.3 Å². The van der Waals surface area contributed by atoms with Gasteiger partial charge in [-0.25, -0.2) is 9.78 Å². The van der Waals surface area contributed by atoms with Gasteiger partial charge in [-0.2, -0.15) is 0 Å². The van der Waals surface area contributed by atoms with Crippen LogP contribution in [0.3, 0.4) is 0 Å². The minimum Gasteiger partial charge on any atom is -0.456 e. The summed E-state index contributed by atoms with van der Waals surface area (Å²) in [4.78, 5) is 62.4. The maximum atomic E-state index is 13.7. The Balaban J connectivity index is 1.23. The summed E-state index contributed by atoms with van der Waals surface area (Å²) in [6, 6.07) is 16.6. The van der Waals surface area contributed by atoms with Crippen molar-refractivity contribution in [3.05, 3.63) is 123 Å². The lowest BCUT2D eigenvalue weighted by Crippen LogP contribution is -2.63. The van der Waals surface area contributed by atoms with E-state index in [1.807, 2.05) is 37.3 Å². The van der Waals surface area contributed by atoms with Crippen molar-refractivity contribution < 1.29 is 29.2 Å². The number of amides is 1. The second-order valence-corrected chi connectivity index (χ2v) is 12.6. The van der Waals surface area contributed by atoms with E-state index in [-0.39, 0.29) is 41.3 Å². The molecule has 0 aliphatic carbocycles. The minimum absolute atomic E-state index is 0.0800. The fraction of sp³-hybridized carbons (Fsp3) is 0.206. The number of hydrogen-bond donors (Lipinski definition) is 1. The van der Waals surface area contributed by atoms with Crippen LogP contribution in [-0.2, 0) is 20.9 Å². The number of ether oxygens (including phenoxy) is 1. The van der Waals surface area contributed by atoms with E-state index >= 15 is 0 Å². The summed E-state index contributed by atoms with van der Waals surface area (Å²) in [5, 5.41) is 21.4. The van der Waals surface area contributed by atoms with Crippen LogP contribution >= 0.6 is 11.3 Å². The van der Waals surface area contributed by atoms with Crippen molar-refractivity contribution >= 4 is 45.1 Å². The third kappa shape index (κ3) is 5.09. The smallest absolute Gasteiger partial charge is 0.355 e. The highest BCUT2D eigenvalue weighted by atomic mass is 32.1. The molecule has 0 unspecified atom stereocenters. The summed E-state index contributed by atoms with van der Waals surface area (Å²) < 4.78 is 7.35. The maximum absolute atomic E-state index is 13.7. The molecule has 1 N–H and O–H groups in total. The first-order chi connectivity index (χ1) is 22.6. The molecule has 0 saturated carbocycles. The molecule has 47 heavy (non-hydrogen) atoms. The maximum Gasteiger partial charge on any atom is 0.355 e. The standard InChI is InChI=1S/C34H27N5O7S/c1-18-26(30(38-29(18)27(19(2)40)32(38)42)34(43)46-16-20-8-10-24(11-9-20)39(44)45)25-15-37-17-36-28(33(37)47-25)31(41)23-12-22(13-35-14-23)21-6-4-3-5-7-21/h3-15,17-19,27,29,40H,16H2,1-2H3/t18-,19+,27+,29+/m0/s1. The van der Waals surface area contributed by atoms with Gasteiger partial charge in [-0.05, 0) is 36.2 Å². The zero-order chi connectivity index (χ0) is 33.0. The Hall–Kier alpha value is -5.53. The Kier molecular flexibility index (Phi) is 7.49. The number of carbonyl (C=O) groups is 3. The molecule has 2 aromatic carbocycles. The van der Waals surface area contributed by atoms with Crippen molar-refractivity contribution in [2.24, 2.45) is 11.8 Å². The highest BCUT2D eigenvalue weighted by molar-refractivity contribution is 7.18. The lowest BCUT2D eigenvalue weighted by atomic mass is 9.77. The number of β-lactam (4-membered cyclic amide) rings is 1. The highest BCUT2D eigenvalue weighted by Crippen LogP contribution is 2.52. The molecular weight excluding hydrogens is 622 g/mol. The average molecular weight is 650 g/mol. The van der Waals surface area contributed by atoms with Gasteiger partial charge in [-0.15, -0.1) is 11.3 Å². The number of esters is 1. The van der Waals surface area contributed by atoms with E-state index in [1.165, 1.54) is 53.0 Å². The molecular formula is C34H27N5O7S. The fourth-order valence-corrected chi connectivity index (χ4v) is 7.60. The van der Waals surface area contributed by atoms with Crippen molar-refractivity contribution in [2.45, 2.75) is 32.6 Å². The van der Waals surface area contributed by atoms with Crippen molar-refractivity contribution in [3.8, 4) is 11.1 Å². The van der Waals surface area contributed by atoms with E-state index in [4.69, 9.17) is 4.74 Å². The number of nitro groups is 1. The number of nitrogens with zero attached hydrogens (tertiary/aromatic N) is 5. The molecule has 0 radical (unpaired) electrons. The first-order valence-electron chi connectivity index (χ1n) is 14.8. The number of hydrogen-bond acceptors (Lipinski definition) is 10. The molecule has 236 valence electrons. The van der Waals surface area contributed by atoms with E-state index in [9.17, 15) is 29.6 Å². The molecule has 12 nitrogen and oxygen atoms in total. The molecule has 2 aliphatic rings. The quantitative estimate of drug-likeness (QED) is 0.0770. The van der Waals surface area contributed by atoms with Gasteiger partial charge in [0.15, 0.2) is 0 Å². The Morgan fingerprint density at radius 3 is 2.55 bits per heavy atom. The molecule has 7 rings (SSSR count). The Morgan fingerprint density at radius 2 is 1.85 bits per heavy atom. The number of nitro benzene ring substituents is 1. The molecule has 13 heteroatoms. The number of rotatable bonds is 9. The molecule has 3 aromatic heterocycles. The highest BCUT2D eigenvalue weighted by Gasteiger charge is 2.60. The van der Waals surface area contributed by atoms with Crippen molar-refractivity contribution in [3.63, 3.8) is 0 Å². The molecule has 5 aromatic rings. The molecule has 1 amide bonds. The van der Waals surface area contributed by atoms with E-state index in [0.29, 0.717) is 26.4 Å². The summed E-state index contributed by atoms with van der Waals surface area (Å²) in [5.41, 5.74) is 3.42. The number of thiazole rings is 1. The molecule has 0 bridgehead atoms. The summed E-state index contributed by atoms with van der Waals surface area (Å²) in [6.07, 6.45) is 5.57. The predicted molar refractivity (Wildman–Crippen MR) is 171 cm³/mol. The van der Waals surface area contributed by atoms with Crippen LogP contribution < -0.4 is 0 Å². The third-order valence-corrected chi connectivity index (χ3v) is 9.82. The summed E-state index contributed by atoms with van der Waals surface area (Å²) in [6.45, 7) is 3.28. The van der Waals surface area contributed by atoms with E-state index in [2.05, 4.69) is 9.97 Å². The number of fused-ring (bicyclic) bond motifs is 2. The topological polar surface area (TPSA) is 157 Å². The lowest BCUT2D eigenvalue weighted by Gasteiger charge is -2.46. The first kappa shape index (κ1) is 30.1. The van der Waals surface area contributed by atoms with Gasteiger partial charge in [0.05, 0.1) is 27.9 Å². The lowest BCUT2D eigenvalue weighted by molar-refractivity contribution is -0.384. The monoisotopic (exact) mass is 649 g/mol. The fourth-order valence-electron chi connectivity index (χ4n) is 6.38. The number of ketones is 1. The number of imidazole rings is 1. The van der Waals surface area contributed by atoms with Gasteiger partial charge in [0.25, 0.3) is 5.69 Å². The average Bonchev–Trinajstić information content (AvgIpc) is 3.73. The molecule has 0 spiro atoms. The third-order valence-electron chi connectivity index (χ3n) is 8.68. The van der Waals surface area contributed by atoms with Crippen LogP contribution in [0.25, 0.3) is 21.5 Å². The van der Waals surface area contributed by atoms with Gasteiger partial charge < -0.3 is 14.7 Å². The minimum atomic E-state index is -0.921. The first-order valence-corrected chi connectivity index (χ1v) is 15.6. The second-order valence-electron chi connectivity index (χ2n) is 11.6. The number of aromatic nitrogens is 3. The van der Waals surface area contributed by atoms with Crippen molar-refractivity contribution in [1.82, 2.24) is 19.3 Å². The molecule has 1 saturated heterocycles. The van der Waals surface area contributed by atoms with Crippen LogP contribution in [-0.4, -0.2) is 59.1 Å². The molecule has 5 heterocycles. The van der Waals surface area contributed by atoms with Gasteiger partial charge in [-0.1, -0.05) is 37.3 Å². The molecule has 4 atom stereocenters. The van der Waals surface area contributed by atoms with Crippen molar-refractivity contribution in [2.75, 3.05) is 0 Å². The summed E-state index contributed by atoms with van der Waals surface area (Å²) >= 11 is 1.27. The largest absolute Gasteiger partial charge is 0.456 e. The normalized spacial score (nSPS) is 19.4. The van der Waals surface area contributed by atoms with Gasteiger partial charge in [0.2, 0.25) is 11.7 Å². The predicted octanol–water partition coefficient (Wildman–Crippen LogP) is 4.91.